The van der Waals surface area contributed by atoms with Crippen LogP contribution in [-0.2, 0) is 5.54 Å². The Balaban J connectivity index is 1.71. The monoisotopic (exact) mass is 334 g/mol. The summed E-state index contributed by atoms with van der Waals surface area (Å²) >= 11 is 0. The summed E-state index contributed by atoms with van der Waals surface area (Å²) in [4.78, 5) is 13.1. The van der Waals surface area contributed by atoms with Gasteiger partial charge in [-0.2, -0.15) is 5.10 Å². The highest BCUT2D eigenvalue weighted by Gasteiger charge is 2.37. The predicted molar refractivity (Wildman–Crippen MR) is 97.7 cm³/mol. The summed E-state index contributed by atoms with van der Waals surface area (Å²) in [6.45, 7) is 5.69. The van der Waals surface area contributed by atoms with Gasteiger partial charge < -0.3 is 10.6 Å². The molecule has 5 heteroatoms. The van der Waals surface area contributed by atoms with E-state index in [4.69, 9.17) is 0 Å². The molecule has 0 spiro atoms. The van der Waals surface area contributed by atoms with E-state index in [-0.39, 0.29) is 11.4 Å². The zero-order valence-corrected chi connectivity index (χ0v) is 14.5. The highest BCUT2D eigenvalue weighted by atomic mass is 16.1. The van der Waals surface area contributed by atoms with Gasteiger partial charge in [-0.1, -0.05) is 36.4 Å². The SMILES string of the molecule is Cc1ccc2c(C(=O)NC3(c4ccccc4)CCNC3)cnn2c1C. The molecule has 0 bridgehead atoms. The molecule has 1 unspecified atom stereocenters. The number of aromatic nitrogens is 2. The number of pyridine rings is 1. The van der Waals surface area contributed by atoms with Crippen LogP contribution in [0.1, 0.15) is 33.6 Å². The van der Waals surface area contributed by atoms with Gasteiger partial charge in [0.25, 0.3) is 5.91 Å². The molecule has 128 valence electrons. The number of hydrogen-bond acceptors (Lipinski definition) is 3. The van der Waals surface area contributed by atoms with Crippen LogP contribution in [0, 0.1) is 13.8 Å². The Hall–Kier alpha value is -2.66. The third-order valence-corrected chi connectivity index (χ3v) is 5.27. The Morgan fingerprint density at radius 3 is 2.72 bits per heavy atom. The number of nitrogens with zero attached hydrogens (tertiary/aromatic N) is 2. The number of benzene rings is 1. The van der Waals surface area contributed by atoms with Crippen molar-refractivity contribution in [2.24, 2.45) is 0 Å². The minimum Gasteiger partial charge on any atom is -0.341 e. The predicted octanol–water partition coefficient (Wildman–Crippen LogP) is 2.57. The van der Waals surface area contributed by atoms with Crippen molar-refractivity contribution in [2.45, 2.75) is 25.8 Å². The van der Waals surface area contributed by atoms with E-state index in [2.05, 4.69) is 27.9 Å². The van der Waals surface area contributed by atoms with E-state index >= 15 is 0 Å². The maximum atomic E-state index is 13.1. The molecule has 0 aliphatic carbocycles. The molecule has 1 saturated heterocycles. The van der Waals surface area contributed by atoms with E-state index in [9.17, 15) is 4.79 Å². The van der Waals surface area contributed by atoms with Crippen molar-refractivity contribution in [2.75, 3.05) is 13.1 Å². The highest BCUT2D eigenvalue weighted by Crippen LogP contribution is 2.28. The largest absolute Gasteiger partial charge is 0.341 e. The maximum absolute atomic E-state index is 13.1. The first-order chi connectivity index (χ1) is 12.1. The molecule has 1 aliphatic rings. The molecule has 4 rings (SSSR count). The molecule has 2 N–H and O–H groups in total. The van der Waals surface area contributed by atoms with Gasteiger partial charge in [0.15, 0.2) is 0 Å². The molecule has 25 heavy (non-hydrogen) atoms. The summed E-state index contributed by atoms with van der Waals surface area (Å²) in [7, 11) is 0. The van der Waals surface area contributed by atoms with Crippen molar-refractivity contribution in [1.29, 1.82) is 0 Å². The fourth-order valence-corrected chi connectivity index (χ4v) is 3.61. The zero-order valence-electron chi connectivity index (χ0n) is 14.5. The quantitative estimate of drug-likeness (QED) is 0.774. The van der Waals surface area contributed by atoms with Crippen LogP contribution >= 0.6 is 0 Å². The standard InChI is InChI=1S/C20H22N4O/c1-14-8-9-18-17(12-22-24(18)15(14)2)19(25)23-20(10-11-21-13-20)16-6-4-3-5-7-16/h3-9,12,21H,10-11,13H2,1-2H3,(H,23,25). The average Bonchev–Trinajstić information content (AvgIpc) is 3.27. The number of rotatable bonds is 3. The number of aryl methyl sites for hydroxylation is 2. The lowest BCUT2D eigenvalue weighted by Gasteiger charge is -2.30. The minimum absolute atomic E-state index is 0.0780. The smallest absolute Gasteiger partial charge is 0.255 e. The third-order valence-electron chi connectivity index (χ3n) is 5.27. The lowest BCUT2D eigenvalue weighted by atomic mass is 9.88. The van der Waals surface area contributed by atoms with Crippen LogP contribution < -0.4 is 10.6 Å². The fourth-order valence-electron chi connectivity index (χ4n) is 3.61. The molecule has 1 aliphatic heterocycles. The molecular weight excluding hydrogens is 312 g/mol. The molecule has 0 radical (unpaired) electrons. The van der Waals surface area contributed by atoms with Gasteiger partial charge in [0.1, 0.15) is 0 Å². The molecule has 5 nitrogen and oxygen atoms in total. The number of carbonyl (C=O) groups excluding carboxylic acids is 1. The van der Waals surface area contributed by atoms with Crippen LogP contribution in [0.2, 0.25) is 0 Å². The Labute approximate surface area is 147 Å². The summed E-state index contributed by atoms with van der Waals surface area (Å²) in [6, 6.07) is 14.2. The molecule has 1 fully saturated rings. The van der Waals surface area contributed by atoms with Crippen molar-refractivity contribution in [3.05, 3.63) is 71.0 Å². The van der Waals surface area contributed by atoms with Crippen LogP contribution in [0.3, 0.4) is 0 Å². The molecule has 2 aromatic heterocycles. The average molecular weight is 334 g/mol. The summed E-state index contributed by atoms with van der Waals surface area (Å²) < 4.78 is 1.84. The first kappa shape index (κ1) is 15.8. The van der Waals surface area contributed by atoms with E-state index in [1.165, 1.54) is 0 Å². The second kappa shape index (κ2) is 6.01. The number of fused-ring (bicyclic) bond motifs is 1. The van der Waals surface area contributed by atoms with Crippen molar-refractivity contribution in [3.8, 4) is 0 Å². The Morgan fingerprint density at radius 1 is 1.20 bits per heavy atom. The van der Waals surface area contributed by atoms with Crippen LogP contribution in [-0.4, -0.2) is 28.6 Å². The number of carbonyl (C=O) groups is 1. The Bertz CT molecular complexity index is 924. The Kier molecular flexibility index (Phi) is 3.81. The number of hydrogen-bond donors (Lipinski definition) is 2. The Morgan fingerprint density at radius 2 is 2.00 bits per heavy atom. The van der Waals surface area contributed by atoms with Gasteiger partial charge >= 0.3 is 0 Å². The minimum atomic E-state index is -0.369. The summed E-state index contributed by atoms with van der Waals surface area (Å²) in [5.41, 5.74) is 4.43. The van der Waals surface area contributed by atoms with Gasteiger partial charge in [0, 0.05) is 12.2 Å². The molecular formula is C20H22N4O. The van der Waals surface area contributed by atoms with E-state index in [0.717, 1.165) is 41.8 Å². The van der Waals surface area contributed by atoms with Gasteiger partial charge in [-0.25, -0.2) is 4.52 Å². The van der Waals surface area contributed by atoms with Crippen molar-refractivity contribution in [1.82, 2.24) is 20.2 Å². The van der Waals surface area contributed by atoms with Gasteiger partial charge in [-0.15, -0.1) is 0 Å². The van der Waals surface area contributed by atoms with Crippen LogP contribution in [0.5, 0.6) is 0 Å². The molecule has 1 aromatic carbocycles. The number of nitrogens with one attached hydrogen (secondary N) is 2. The molecule has 1 atom stereocenters. The van der Waals surface area contributed by atoms with Gasteiger partial charge in [0.2, 0.25) is 0 Å². The van der Waals surface area contributed by atoms with Crippen LogP contribution in [0.25, 0.3) is 5.52 Å². The van der Waals surface area contributed by atoms with Crippen LogP contribution in [0.15, 0.2) is 48.7 Å². The van der Waals surface area contributed by atoms with Gasteiger partial charge in [-0.05, 0) is 44.0 Å². The summed E-state index contributed by atoms with van der Waals surface area (Å²) in [6.07, 6.45) is 2.54. The van der Waals surface area contributed by atoms with Crippen molar-refractivity contribution >= 4 is 11.4 Å². The number of amides is 1. The second-order valence-corrected chi connectivity index (χ2v) is 6.79. The molecule has 1 amide bonds. The molecule has 0 saturated carbocycles. The summed E-state index contributed by atoms with van der Waals surface area (Å²) in [5.74, 6) is -0.0780. The lowest BCUT2D eigenvalue weighted by Crippen LogP contribution is -2.47. The molecule has 3 heterocycles. The first-order valence-electron chi connectivity index (χ1n) is 8.63. The van der Waals surface area contributed by atoms with Crippen LogP contribution in [0.4, 0.5) is 0 Å². The van der Waals surface area contributed by atoms with Gasteiger partial charge in [-0.3, -0.25) is 4.79 Å². The van der Waals surface area contributed by atoms with Gasteiger partial charge in [0.05, 0.1) is 22.8 Å². The second-order valence-electron chi connectivity index (χ2n) is 6.79. The van der Waals surface area contributed by atoms with E-state index < -0.39 is 0 Å². The van der Waals surface area contributed by atoms with Crippen molar-refractivity contribution < 1.29 is 4.79 Å². The fraction of sp³-hybridized carbons (Fsp3) is 0.300. The van der Waals surface area contributed by atoms with E-state index in [1.807, 2.05) is 48.7 Å². The lowest BCUT2D eigenvalue weighted by molar-refractivity contribution is 0.0906. The molecule has 3 aromatic rings. The van der Waals surface area contributed by atoms with E-state index in [0.29, 0.717) is 5.56 Å². The summed E-state index contributed by atoms with van der Waals surface area (Å²) in [5, 5.41) is 11.1. The highest BCUT2D eigenvalue weighted by molar-refractivity contribution is 6.01. The third kappa shape index (κ3) is 2.61. The first-order valence-corrected chi connectivity index (χ1v) is 8.63. The topological polar surface area (TPSA) is 58.4 Å². The zero-order chi connectivity index (χ0) is 17.4. The maximum Gasteiger partial charge on any atom is 0.255 e. The van der Waals surface area contributed by atoms with Crippen molar-refractivity contribution in [3.63, 3.8) is 0 Å². The van der Waals surface area contributed by atoms with E-state index in [1.54, 1.807) is 6.20 Å². The normalized spacial score (nSPS) is 20.1.